The van der Waals surface area contributed by atoms with Crippen LogP contribution in [0.2, 0.25) is 0 Å². The molecule has 2 nitrogen and oxygen atoms in total. The smallest absolute Gasteiger partial charge is 0.123 e. The third-order valence-electron chi connectivity index (χ3n) is 2.87. The number of rotatable bonds is 5. The number of nitrogens with two attached hydrogens (primary N) is 1. The summed E-state index contributed by atoms with van der Waals surface area (Å²) in [6.07, 6.45) is 1.84. The van der Waals surface area contributed by atoms with Crippen molar-refractivity contribution in [3.63, 3.8) is 0 Å². The Bertz CT molecular complexity index is 549. The second-order valence-electron chi connectivity index (χ2n) is 4.39. The lowest BCUT2D eigenvalue weighted by Crippen LogP contribution is -2.22. The van der Waals surface area contributed by atoms with Crippen LogP contribution in [0.3, 0.4) is 0 Å². The van der Waals surface area contributed by atoms with Crippen LogP contribution in [0.15, 0.2) is 61.2 Å². The first kappa shape index (κ1) is 13.1. The van der Waals surface area contributed by atoms with Gasteiger partial charge in [-0.25, -0.2) is 4.39 Å². The van der Waals surface area contributed by atoms with Gasteiger partial charge in [-0.1, -0.05) is 24.3 Å². The number of benzene rings is 2. The molecule has 0 unspecified atom stereocenters. The van der Waals surface area contributed by atoms with Crippen LogP contribution in [0.1, 0.15) is 5.56 Å². The van der Waals surface area contributed by atoms with Crippen molar-refractivity contribution in [2.75, 3.05) is 17.2 Å². The Balaban J connectivity index is 2.20. The molecular formula is C16H17FN2. The minimum atomic E-state index is -0.219. The number of hydrogen-bond donors (Lipinski definition) is 1. The molecule has 0 aliphatic carbocycles. The fourth-order valence-electron chi connectivity index (χ4n) is 1.95. The van der Waals surface area contributed by atoms with Crippen molar-refractivity contribution in [3.05, 3.63) is 72.6 Å². The average molecular weight is 256 g/mol. The lowest BCUT2D eigenvalue weighted by Gasteiger charge is -2.23. The van der Waals surface area contributed by atoms with Crippen LogP contribution in [0.5, 0.6) is 0 Å². The highest BCUT2D eigenvalue weighted by molar-refractivity contribution is 5.56. The predicted molar refractivity (Wildman–Crippen MR) is 78.5 cm³/mol. The maximum Gasteiger partial charge on any atom is 0.123 e. The van der Waals surface area contributed by atoms with Gasteiger partial charge in [-0.05, 0) is 35.9 Å². The number of anilines is 2. The number of hydrogen-bond acceptors (Lipinski definition) is 2. The van der Waals surface area contributed by atoms with Crippen LogP contribution >= 0.6 is 0 Å². The molecule has 0 radical (unpaired) electrons. The molecule has 2 aromatic carbocycles. The molecule has 98 valence electrons. The molecule has 0 aliphatic heterocycles. The summed E-state index contributed by atoms with van der Waals surface area (Å²) in [5, 5.41) is 0. The zero-order valence-electron chi connectivity index (χ0n) is 10.7. The van der Waals surface area contributed by atoms with Crippen molar-refractivity contribution in [3.8, 4) is 0 Å². The van der Waals surface area contributed by atoms with Gasteiger partial charge in [-0.3, -0.25) is 0 Å². The molecule has 0 amide bonds. The standard InChI is InChI=1S/C16H17FN2/c1-2-10-19(16-5-3-4-15(18)11-16)12-13-6-8-14(17)9-7-13/h2-9,11H,1,10,12,18H2. The maximum absolute atomic E-state index is 12.9. The third-order valence-corrected chi connectivity index (χ3v) is 2.87. The van der Waals surface area contributed by atoms with Crippen LogP contribution < -0.4 is 10.6 Å². The Labute approximate surface area is 113 Å². The molecule has 0 atom stereocenters. The minimum absolute atomic E-state index is 0.219. The van der Waals surface area contributed by atoms with E-state index < -0.39 is 0 Å². The van der Waals surface area contributed by atoms with Crippen LogP contribution in [0.4, 0.5) is 15.8 Å². The Kier molecular flexibility index (Phi) is 4.18. The number of nitrogen functional groups attached to an aromatic ring is 1. The molecule has 0 heterocycles. The van der Waals surface area contributed by atoms with E-state index in [0.717, 1.165) is 16.9 Å². The van der Waals surface area contributed by atoms with E-state index >= 15 is 0 Å². The molecule has 2 rings (SSSR count). The van der Waals surface area contributed by atoms with E-state index in [2.05, 4.69) is 11.5 Å². The summed E-state index contributed by atoms with van der Waals surface area (Å²) >= 11 is 0. The Morgan fingerprint density at radius 2 is 1.89 bits per heavy atom. The second kappa shape index (κ2) is 6.05. The molecule has 0 saturated heterocycles. The Hall–Kier alpha value is -2.29. The van der Waals surface area contributed by atoms with Crippen LogP contribution in [0, 0.1) is 5.82 Å². The summed E-state index contributed by atoms with van der Waals surface area (Å²) in [5.41, 5.74) is 8.61. The van der Waals surface area contributed by atoms with E-state index in [4.69, 9.17) is 5.73 Å². The molecule has 3 heteroatoms. The molecule has 19 heavy (non-hydrogen) atoms. The molecule has 0 saturated carbocycles. The molecule has 0 spiro atoms. The van der Waals surface area contributed by atoms with Crippen LogP contribution in [-0.4, -0.2) is 6.54 Å². The molecule has 0 bridgehead atoms. The van der Waals surface area contributed by atoms with Crippen molar-refractivity contribution < 1.29 is 4.39 Å². The molecule has 2 aromatic rings. The summed E-state index contributed by atoms with van der Waals surface area (Å²) < 4.78 is 12.9. The van der Waals surface area contributed by atoms with Crippen molar-refractivity contribution in [2.45, 2.75) is 6.54 Å². The lowest BCUT2D eigenvalue weighted by atomic mass is 10.2. The predicted octanol–water partition coefficient (Wildman–Crippen LogP) is 3.60. The van der Waals surface area contributed by atoms with Crippen LogP contribution in [-0.2, 0) is 6.54 Å². The van der Waals surface area contributed by atoms with Crippen LogP contribution in [0.25, 0.3) is 0 Å². The van der Waals surface area contributed by atoms with Gasteiger partial charge in [-0.2, -0.15) is 0 Å². The highest BCUT2D eigenvalue weighted by Gasteiger charge is 2.06. The molecule has 2 N–H and O–H groups in total. The van der Waals surface area contributed by atoms with E-state index in [-0.39, 0.29) is 5.82 Å². The summed E-state index contributed by atoms with van der Waals surface area (Å²) in [6, 6.07) is 14.2. The Morgan fingerprint density at radius 3 is 2.53 bits per heavy atom. The fraction of sp³-hybridized carbons (Fsp3) is 0.125. The van der Waals surface area contributed by atoms with Gasteiger partial charge in [0.25, 0.3) is 0 Å². The van der Waals surface area contributed by atoms with Gasteiger partial charge in [-0.15, -0.1) is 6.58 Å². The zero-order valence-corrected chi connectivity index (χ0v) is 10.7. The summed E-state index contributed by atoms with van der Waals surface area (Å²) in [4.78, 5) is 2.14. The summed E-state index contributed by atoms with van der Waals surface area (Å²) in [5.74, 6) is -0.219. The van der Waals surface area contributed by atoms with Gasteiger partial charge >= 0.3 is 0 Å². The summed E-state index contributed by atoms with van der Waals surface area (Å²) in [7, 11) is 0. The number of nitrogens with zero attached hydrogens (tertiary/aromatic N) is 1. The van der Waals surface area contributed by atoms with Gasteiger partial charge < -0.3 is 10.6 Å². The van der Waals surface area contributed by atoms with Crippen molar-refractivity contribution >= 4 is 11.4 Å². The number of halogens is 1. The van der Waals surface area contributed by atoms with E-state index in [9.17, 15) is 4.39 Å². The van der Waals surface area contributed by atoms with Gasteiger partial charge in [0.15, 0.2) is 0 Å². The van der Waals surface area contributed by atoms with E-state index in [1.807, 2.05) is 30.3 Å². The maximum atomic E-state index is 12.9. The first-order valence-electron chi connectivity index (χ1n) is 6.15. The van der Waals surface area contributed by atoms with Crippen molar-refractivity contribution in [2.24, 2.45) is 0 Å². The van der Waals surface area contributed by atoms with E-state index in [0.29, 0.717) is 13.1 Å². The van der Waals surface area contributed by atoms with E-state index in [1.165, 1.54) is 12.1 Å². The molecule has 0 aromatic heterocycles. The fourth-order valence-corrected chi connectivity index (χ4v) is 1.95. The topological polar surface area (TPSA) is 29.3 Å². The van der Waals surface area contributed by atoms with Gasteiger partial charge in [0.2, 0.25) is 0 Å². The van der Waals surface area contributed by atoms with Crippen molar-refractivity contribution in [1.29, 1.82) is 0 Å². The van der Waals surface area contributed by atoms with Crippen molar-refractivity contribution in [1.82, 2.24) is 0 Å². The van der Waals surface area contributed by atoms with E-state index in [1.54, 1.807) is 12.1 Å². The highest BCUT2D eigenvalue weighted by Crippen LogP contribution is 2.20. The second-order valence-corrected chi connectivity index (χ2v) is 4.39. The minimum Gasteiger partial charge on any atom is -0.399 e. The summed E-state index contributed by atoms with van der Waals surface area (Å²) in [6.45, 7) is 5.17. The molecular weight excluding hydrogens is 239 g/mol. The first-order valence-corrected chi connectivity index (χ1v) is 6.15. The zero-order chi connectivity index (χ0) is 13.7. The highest BCUT2D eigenvalue weighted by atomic mass is 19.1. The largest absolute Gasteiger partial charge is 0.399 e. The average Bonchev–Trinajstić information content (AvgIpc) is 2.41. The third kappa shape index (κ3) is 3.58. The molecule has 0 aliphatic rings. The van der Waals surface area contributed by atoms with Gasteiger partial charge in [0.05, 0.1) is 0 Å². The first-order chi connectivity index (χ1) is 9.19. The normalized spacial score (nSPS) is 10.2. The quantitative estimate of drug-likeness (QED) is 0.654. The SMILES string of the molecule is C=CCN(Cc1ccc(F)cc1)c1cccc(N)c1. The monoisotopic (exact) mass is 256 g/mol. The Morgan fingerprint density at radius 1 is 1.16 bits per heavy atom. The lowest BCUT2D eigenvalue weighted by molar-refractivity contribution is 0.626. The van der Waals surface area contributed by atoms with Gasteiger partial charge in [0, 0.05) is 24.5 Å². The van der Waals surface area contributed by atoms with Gasteiger partial charge in [0.1, 0.15) is 5.82 Å². The molecule has 0 fully saturated rings.